The monoisotopic (exact) mass is 561 g/mol. The molecule has 1 saturated heterocycles. The Bertz CT molecular complexity index is 1640. The maximum absolute atomic E-state index is 12.9. The van der Waals surface area contributed by atoms with E-state index in [1.807, 2.05) is 56.7 Å². The van der Waals surface area contributed by atoms with Crippen LogP contribution < -0.4 is 11.2 Å². The van der Waals surface area contributed by atoms with E-state index in [9.17, 15) is 4.79 Å². The van der Waals surface area contributed by atoms with Crippen LogP contribution in [0.5, 0.6) is 0 Å². The Morgan fingerprint density at radius 3 is 2.33 bits per heavy atom. The molecular weight excluding hydrogens is 526 g/mol. The Morgan fingerprint density at radius 1 is 0.976 bits per heavy atom. The molecule has 5 aromatic rings. The Hall–Kier alpha value is -4.89. The van der Waals surface area contributed by atoms with Gasteiger partial charge in [0.1, 0.15) is 18.3 Å². The molecule has 4 N–H and O–H groups in total. The summed E-state index contributed by atoms with van der Waals surface area (Å²) in [5, 5.41) is 3.18. The van der Waals surface area contributed by atoms with E-state index in [2.05, 4.69) is 68.8 Å². The fourth-order valence-electron chi connectivity index (χ4n) is 5.44. The van der Waals surface area contributed by atoms with Crippen LogP contribution in [0.4, 0.5) is 4.79 Å². The summed E-state index contributed by atoms with van der Waals surface area (Å²) in [6, 6.07) is 26.4. The lowest BCUT2D eigenvalue weighted by molar-refractivity contribution is 0.0910. The molecule has 0 spiro atoms. The van der Waals surface area contributed by atoms with Crippen molar-refractivity contribution in [1.29, 1.82) is 0 Å². The lowest BCUT2D eigenvalue weighted by Gasteiger charge is -2.22. The molecule has 3 heterocycles. The third-order valence-electron chi connectivity index (χ3n) is 7.96. The number of aromatic nitrogens is 4. The zero-order valence-electron chi connectivity index (χ0n) is 23.8. The third kappa shape index (κ3) is 5.51. The molecule has 0 unspecified atom stereocenters. The minimum Gasteiger partial charge on any atom is -0.445 e. The molecule has 2 atom stereocenters. The highest BCUT2D eigenvalue weighted by atomic mass is 16.6. The van der Waals surface area contributed by atoms with Crippen molar-refractivity contribution in [2.75, 3.05) is 19.4 Å². The number of nitrogens with two attached hydrogens (primary N) is 1. The Kier molecular flexibility index (Phi) is 7.74. The quantitative estimate of drug-likeness (QED) is 0.198. The smallest absolute Gasteiger partial charge is 0.410 e. The molecule has 9 nitrogen and oxygen atoms in total. The van der Waals surface area contributed by atoms with Crippen LogP contribution in [-0.4, -0.2) is 44.2 Å². The predicted molar refractivity (Wildman–Crippen MR) is 164 cm³/mol. The molecule has 0 saturated carbocycles. The number of H-pyrrole nitrogens is 1. The second kappa shape index (κ2) is 11.9. The van der Waals surface area contributed by atoms with Crippen molar-refractivity contribution in [1.82, 2.24) is 29.8 Å². The number of amides is 1. The second-order valence-electron chi connectivity index (χ2n) is 10.6. The fraction of sp³-hybridized carbons (Fsp3) is 0.242. The van der Waals surface area contributed by atoms with Crippen LogP contribution in [0.3, 0.4) is 0 Å². The molecular formula is C33H35N7O2. The lowest BCUT2D eigenvalue weighted by atomic mass is 10.0. The number of hydrogen-bond acceptors (Lipinski definition) is 6. The van der Waals surface area contributed by atoms with Gasteiger partial charge in [-0.2, -0.15) is 0 Å². The van der Waals surface area contributed by atoms with Crippen molar-refractivity contribution in [2.45, 2.75) is 38.5 Å². The molecule has 0 bridgehead atoms. The van der Waals surface area contributed by atoms with Gasteiger partial charge in [0, 0.05) is 12.1 Å². The molecule has 1 aliphatic heterocycles. The number of nitrogens with one attached hydrogen (secondary N) is 2. The Labute approximate surface area is 245 Å². The highest BCUT2D eigenvalue weighted by Crippen LogP contribution is 2.33. The summed E-state index contributed by atoms with van der Waals surface area (Å²) >= 11 is 0. The van der Waals surface area contributed by atoms with E-state index in [4.69, 9.17) is 10.6 Å². The topological polar surface area (TPSA) is 114 Å². The zero-order valence-corrected chi connectivity index (χ0v) is 23.8. The summed E-state index contributed by atoms with van der Waals surface area (Å²) in [6.45, 7) is 2.95. The van der Waals surface area contributed by atoms with Crippen molar-refractivity contribution in [3.05, 3.63) is 108 Å². The van der Waals surface area contributed by atoms with E-state index < -0.39 is 0 Å². The first-order chi connectivity index (χ1) is 20.5. The Balaban J connectivity index is 1.12. The molecule has 9 heteroatoms. The number of hydrogen-bond donors (Lipinski definition) is 3. The number of aromatic amines is 1. The van der Waals surface area contributed by atoms with Crippen molar-refractivity contribution in [3.8, 4) is 33.6 Å². The van der Waals surface area contributed by atoms with E-state index in [0.717, 1.165) is 63.7 Å². The highest BCUT2D eigenvalue weighted by molar-refractivity contribution is 5.72. The van der Waals surface area contributed by atoms with Crippen molar-refractivity contribution < 1.29 is 9.53 Å². The van der Waals surface area contributed by atoms with E-state index in [0.29, 0.717) is 6.54 Å². The molecule has 42 heavy (non-hydrogen) atoms. The average Bonchev–Trinajstić information content (AvgIpc) is 3.80. The number of carbonyl (C=O) groups excluding carboxylic acids is 1. The van der Waals surface area contributed by atoms with Crippen molar-refractivity contribution >= 4 is 6.09 Å². The SMILES string of the molecule is CN[C@@H](C)c1ncc(-c2ccc(-c3ccc(-c4cnc([C@@H]5CCCN5C(=O)OCc5ccccc5)[nH]4)cc3)cc2)n1N. The Morgan fingerprint density at radius 2 is 1.64 bits per heavy atom. The maximum atomic E-state index is 12.9. The minimum atomic E-state index is -0.307. The number of carbonyl (C=O) groups is 1. The molecule has 2 aromatic heterocycles. The van der Waals surface area contributed by atoms with Gasteiger partial charge in [0.2, 0.25) is 0 Å². The number of ether oxygens (including phenoxy) is 1. The molecule has 0 radical (unpaired) electrons. The van der Waals surface area contributed by atoms with Gasteiger partial charge in [0.25, 0.3) is 0 Å². The number of nitrogens with zero attached hydrogens (tertiary/aromatic N) is 4. The summed E-state index contributed by atoms with van der Waals surface area (Å²) in [7, 11) is 1.89. The van der Waals surface area contributed by atoms with E-state index in [-0.39, 0.29) is 24.8 Å². The van der Waals surface area contributed by atoms with E-state index >= 15 is 0 Å². The summed E-state index contributed by atoms with van der Waals surface area (Å²) in [5.74, 6) is 7.89. The molecule has 214 valence electrons. The van der Waals surface area contributed by atoms with Gasteiger partial charge in [-0.1, -0.05) is 78.9 Å². The fourth-order valence-corrected chi connectivity index (χ4v) is 5.44. The van der Waals surface area contributed by atoms with Crippen LogP contribution in [0, 0.1) is 0 Å². The normalized spacial score (nSPS) is 15.6. The van der Waals surface area contributed by atoms with Crippen molar-refractivity contribution in [3.63, 3.8) is 0 Å². The standard InChI is InChI=1S/C33H35N7O2/c1-22(35-2)32-37-20-30(40(32)34)27-16-12-25(13-17-27)24-10-14-26(15-11-24)28-19-36-31(38-28)29-9-6-18-39(29)33(41)42-21-23-7-4-3-5-8-23/h3-5,7-8,10-17,19-20,22,29,35H,6,9,18,21,34H2,1-2H3,(H,36,38)/t22-,29-/m0/s1. The summed E-state index contributed by atoms with van der Waals surface area (Å²) in [5.41, 5.74) is 7.02. The summed E-state index contributed by atoms with van der Waals surface area (Å²) < 4.78 is 7.24. The maximum Gasteiger partial charge on any atom is 0.410 e. The van der Waals surface area contributed by atoms with Gasteiger partial charge in [-0.15, -0.1) is 0 Å². The number of imidazole rings is 2. The van der Waals surface area contributed by atoms with Gasteiger partial charge in [-0.05, 0) is 49.1 Å². The zero-order chi connectivity index (χ0) is 29.1. The molecule has 1 fully saturated rings. The first kappa shape index (κ1) is 27.3. The molecule has 3 aromatic carbocycles. The highest BCUT2D eigenvalue weighted by Gasteiger charge is 2.33. The van der Waals surface area contributed by atoms with Crippen LogP contribution in [-0.2, 0) is 11.3 Å². The number of benzene rings is 3. The first-order valence-corrected chi connectivity index (χ1v) is 14.2. The summed E-state index contributed by atoms with van der Waals surface area (Å²) in [4.78, 5) is 27.2. The number of rotatable bonds is 8. The van der Waals surface area contributed by atoms with Gasteiger partial charge < -0.3 is 20.9 Å². The van der Waals surface area contributed by atoms with Crippen molar-refractivity contribution in [2.24, 2.45) is 0 Å². The molecule has 6 rings (SSSR count). The van der Waals surface area contributed by atoms with Gasteiger partial charge >= 0.3 is 6.09 Å². The van der Waals surface area contributed by atoms with Gasteiger partial charge in [-0.3, -0.25) is 4.90 Å². The third-order valence-corrected chi connectivity index (χ3v) is 7.96. The minimum absolute atomic E-state index is 0.0611. The molecule has 0 aliphatic carbocycles. The van der Waals surface area contributed by atoms with E-state index in [1.54, 1.807) is 9.58 Å². The molecule has 1 amide bonds. The molecule has 1 aliphatic rings. The first-order valence-electron chi connectivity index (χ1n) is 14.2. The summed E-state index contributed by atoms with van der Waals surface area (Å²) in [6.07, 6.45) is 5.11. The largest absolute Gasteiger partial charge is 0.445 e. The predicted octanol–water partition coefficient (Wildman–Crippen LogP) is 6.08. The van der Waals surface area contributed by atoms with Crippen LogP contribution >= 0.6 is 0 Å². The number of nitrogen functional groups attached to an aromatic ring is 1. The van der Waals surface area contributed by atoms with Gasteiger partial charge in [0.05, 0.1) is 35.9 Å². The van der Waals surface area contributed by atoms with Crippen LogP contribution in [0.15, 0.2) is 91.3 Å². The average molecular weight is 562 g/mol. The lowest BCUT2D eigenvalue weighted by Crippen LogP contribution is -2.31. The number of likely N-dealkylation sites (tertiary alicyclic amines) is 1. The van der Waals surface area contributed by atoms with Crippen LogP contribution in [0.2, 0.25) is 0 Å². The van der Waals surface area contributed by atoms with Crippen LogP contribution in [0.25, 0.3) is 33.6 Å². The second-order valence-corrected chi connectivity index (χ2v) is 10.6. The van der Waals surface area contributed by atoms with Crippen LogP contribution in [0.1, 0.15) is 49.1 Å². The van der Waals surface area contributed by atoms with Gasteiger partial charge in [0.15, 0.2) is 0 Å². The van der Waals surface area contributed by atoms with E-state index in [1.165, 1.54) is 0 Å². The van der Waals surface area contributed by atoms with Gasteiger partial charge in [-0.25, -0.2) is 19.4 Å².